The van der Waals surface area contributed by atoms with Crippen LogP contribution in [0.5, 0.6) is 0 Å². The number of aryl methyl sites for hydroxylation is 1. The van der Waals surface area contributed by atoms with Crippen LogP contribution in [0.3, 0.4) is 0 Å². The number of nitrogens with one attached hydrogen (secondary N) is 1. The highest BCUT2D eigenvalue weighted by Gasteiger charge is 2.33. The summed E-state index contributed by atoms with van der Waals surface area (Å²) in [6.45, 7) is 3.84. The fourth-order valence-electron chi connectivity index (χ4n) is 2.52. The molecule has 0 fully saturated rings. The van der Waals surface area contributed by atoms with Crippen molar-refractivity contribution in [3.8, 4) is 0 Å². The average molecular weight is 335 g/mol. The number of hydrogen-bond acceptors (Lipinski definition) is 5. The van der Waals surface area contributed by atoms with E-state index < -0.39 is 0 Å². The van der Waals surface area contributed by atoms with Crippen LogP contribution in [-0.4, -0.2) is 28.3 Å². The zero-order valence-electron chi connectivity index (χ0n) is 12.4. The highest BCUT2D eigenvalue weighted by Crippen LogP contribution is 2.35. The Morgan fingerprint density at radius 3 is 2.86 bits per heavy atom. The van der Waals surface area contributed by atoms with Crippen LogP contribution in [0.1, 0.15) is 22.8 Å². The molecule has 1 amide bonds. The SMILES string of the molecule is CSc1ncc2c(n1)NC(C)N(c1c(C)cccc1Cl)C2=O. The highest BCUT2D eigenvalue weighted by molar-refractivity contribution is 7.98. The van der Waals surface area contributed by atoms with Gasteiger partial charge in [0.25, 0.3) is 5.91 Å². The summed E-state index contributed by atoms with van der Waals surface area (Å²) < 4.78 is 0. The number of rotatable bonds is 2. The van der Waals surface area contributed by atoms with Gasteiger partial charge in [0.15, 0.2) is 5.16 Å². The fourth-order valence-corrected chi connectivity index (χ4v) is 3.18. The minimum absolute atomic E-state index is 0.148. The van der Waals surface area contributed by atoms with E-state index in [1.807, 2.05) is 32.2 Å². The molecule has 1 atom stereocenters. The first-order valence-corrected chi connectivity index (χ1v) is 8.39. The molecule has 2 heterocycles. The van der Waals surface area contributed by atoms with Gasteiger partial charge in [0.1, 0.15) is 17.5 Å². The van der Waals surface area contributed by atoms with E-state index in [0.717, 1.165) is 5.56 Å². The first kappa shape index (κ1) is 15.1. The predicted molar refractivity (Wildman–Crippen MR) is 89.9 cm³/mol. The molecule has 3 rings (SSSR count). The molecule has 1 N–H and O–H groups in total. The Morgan fingerprint density at radius 1 is 1.41 bits per heavy atom. The van der Waals surface area contributed by atoms with Crippen molar-refractivity contribution in [2.75, 3.05) is 16.5 Å². The summed E-state index contributed by atoms with van der Waals surface area (Å²) >= 11 is 7.75. The molecule has 0 aliphatic carbocycles. The lowest BCUT2D eigenvalue weighted by atomic mass is 10.1. The molecule has 1 aromatic heterocycles. The van der Waals surface area contributed by atoms with Gasteiger partial charge in [0.05, 0.1) is 10.7 Å². The maximum absolute atomic E-state index is 12.9. The summed E-state index contributed by atoms with van der Waals surface area (Å²) in [4.78, 5) is 23.1. The number of para-hydroxylation sites is 1. The van der Waals surface area contributed by atoms with Crippen molar-refractivity contribution >= 4 is 40.8 Å². The van der Waals surface area contributed by atoms with E-state index in [4.69, 9.17) is 11.6 Å². The molecule has 0 radical (unpaired) electrons. The number of aromatic nitrogens is 2. The second kappa shape index (κ2) is 5.78. The third-order valence-electron chi connectivity index (χ3n) is 3.56. The lowest BCUT2D eigenvalue weighted by molar-refractivity contribution is 0.0975. The van der Waals surface area contributed by atoms with Crippen molar-refractivity contribution in [2.45, 2.75) is 25.2 Å². The first-order chi connectivity index (χ1) is 10.5. The van der Waals surface area contributed by atoms with Crippen molar-refractivity contribution < 1.29 is 4.79 Å². The number of amides is 1. The van der Waals surface area contributed by atoms with Gasteiger partial charge in [-0.2, -0.15) is 0 Å². The van der Waals surface area contributed by atoms with Gasteiger partial charge in [-0.1, -0.05) is 35.5 Å². The van der Waals surface area contributed by atoms with Crippen molar-refractivity contribution in [2.24, 2.45) is 0 Å². The van der Waals surface area contributed by atoms with Crippen LogP contribution in [0.25, 0.3) is 0 Å². The summed E-state index contributed by atoms with van der Waals surface area (Å²) in [6.07, 6.45) is 3.22. The van der Waals surface area contributed by atoms with Crippen molar-refractivity contribution in [1.29, 1.82) is 0 Å². The molecule has 1 aliphatic heterocycles. The highest BCUT2D eigenvalue weighted by atomic mass is 35.5. The van der Waals surface area contributed by atoms with Crippen LogP contribution in [-0.2, 0) is 0 Å². The van der Waals surface area contributed by atoms with Crippen LogP contribution in [0.15, 0.2) is 29.6 Å². The number of halogens is 1. The lowest BCUT2D eigenvalue weighted by Crippen LogP contribution is -2.48. The summed E-state index contributed by atoms with van der Waals surface area (Å²) in [5, 5.41) is 4.43. The van der Waals surface area contributed by atoms with Crippen LogP contribution in [0.4, 0.5) is 11.5 Å². The van der Waals surface area contributed by atoms with Gasteiger partial charge >= 0.3 is 0 Å². The van der Waals surface area contributed by atoms with Gasteiger partial charge in [-0.05, 0) is 31.7 Å². The maximum atomic E-state index is 12.9. The van der Waals surface area contributed by atoms with E-state index in [1.165, 1.54) is 11.8 Å². The van der Waals surface area contributed by atoms with Crippen LogP contribution in [0, 0.1) is 6.92 Å². The number of benzene rings is 1. The summed E-state index contributed by atoms with van der Waals surface area (Å²) in [7, 11) is 0. The molecule has 0 saturated carbocycles. The van der Waals surface area contributed by atoms with E-state index in [9.17, 15) is 4.79 Å². The molecule has 0 bridgehead atoms. The number of carbonyl (C=O) groups is 1. The number of carbonyl (C=O) groups excluding carboxylic acids is 1. The van der Waals surface area contributed by atoms with Crippen LogP contribution in [0.2, 0.25) is 5.02 Å². The van der Waals surface area contributed by atoms with Gasteiger partial charge in [0, 0.05) is 6.20 Å². The molecule has 1 aliphatic rings. The topological polar surface area (TPSA) is 58.1 Å². The Kier molecular flexibility index (Phi) is 3.97. The number of nitrogens with zero attached hydrogens (tertiary/aromatic N) is 3. The molecule has 2 aromatic rings. The van der Waals surface area contributed by atoms with Crippen molar-refractivity contribution in [1.82, 2.24) is 9.97 Å². The second-order valence-electron chi connectivity index (χ2n) is 5.02. The van der Waals surface area contributed by atoms with Crippen LogP contribution >= 0.6 is 23.4 Å². The predicted octanol–water partition coefficient (Wildman–Crippen LogP) is 3.58. The number of hydrogen-bond donors (Lipinski definition) is 1. The molecular weight excluding hydrogens is 320 g/mol. The monoisotopic (exact) mass is 334 g/mol. The van der Waals surface area contributed by atoms with Gasteiger partial charge in [-0.15, -0.1) is 0 Å². The Hall–Kier alpha value is -1.79. The number of anilines is 2. The van der Waals surface area contributed by atoms with Gasteiger partial charge in [-0.25, -0.2) is 9.97 Å². The van der Waals surface area contributed by atoms with Crippen molar-refractivity contribution in [3.05, 3.63) is 40.5 Å². The molecule has 1 unspecified atom stereocenters. The summed E-state index contributed by atoms with van der Waals surface area (Å²) in [5.41, 5.74) is 2.11. The fraction of sp³-hybridized carbons (Fsp3) is 0.267. The second-order valence-corrected chi connectivity index (χ2v) is 6.20. The Labute approximate surface area is 138 Å². The first-order valence-electron chi connectivity index (χ1n) is 6.79. The van der Waals surface area contributed by atoms with E-state index in [2.05, 4.69) is 15.3 Å². The largest absolute Gasteiger partial charge is 0.349 e. The van der Waals surface area contributed by atoms with Gasteiger partial charge in [-0.3, -0.25) is 9.69 Å². The Balaban J connectivity index is 2.10. The van der Waals surface area contributed by atoms with E-state index in [-0.39, 0.29) is 12.1 Å². The molecule has 7 heteroatoms. The quantitative estimate of drug-likeness (QED) is 0.672. The van der Waals surface area contributed by atoms with Gasteiger partial charge in [0.2, 0.25) is 0 Å². The molecule has 114 valence electrons. The summed E-state index contributed by atoms with van der Waals surface area (Å²) in [6, 6.07) is 5.59. The van der Waals surface area contributed by atoms with E-state index in [1.54, 1.807) is 17.2 Å². The minimum atomic E-state index is -0.247. The maximum Gasteiger partial charge on any atom is 0.265 e. The lowest BCUT2D eigenvalue weighted by Gasteiger charge is -2.36. The molecular formula is C15H15ClN4OS. The number of thioether (sulfide) groups is 1. The average Bonchev–Trinajstić information content (AvgIpc) is 2.49. The third kappa shape index (κ3) is 2.42. The zero-order chi connectivity index (χ0) is 15.9. The number of fused-ring (bicyclic) bond motifs is 1. The third-order valence-corrected chi connectivity index (χ3v) is 4.43. The molecule has 0 saturated heterocycles. The molecule has 0 spiro atoms. The minimum Gasteiger partial charge on any atom is -0.349 e. The van der Waals surface area contributed by atoms with Gasteiger partial charge < -0.3 is 5.32 Å². The zero-order valence-corrected chi connectivity index (χ0v) is 14.0. The molecule has 1 aromatic carbocycles. The Morgan fingerprint density at radius 2 is 2.18 bits per heavy atom. The summed E-state index contributed by atoms with van der Waals surface area (Å²) in [5.74, 6) is 0.419. The van der Waals surface area contributed by atoms with Crippen LogP contribution < -0.4 is 10.2 Å². The molecule has 22 heavy (non-hydrogen) atoms. The van der Waals surface area contributed by atoms with E-state index in [0.29, 0.717) is 27.2 Å². The smallest absolute Gasteiger partial charge is 0.265 e. The normalized spacial score (nSPS) is 17.2. The molecule has 5 nitrogen and oxygen atoms in total. The Bertz CT molecular complexity index is 732. The van der Waals surface area contributed by atoms with E-state index >= 15 is 0 Å². The standard InChI is InChI=1S/C15H15ClN4OS/c1-8-5-4-6-11(16)12(8)20-9(2)18-13-10(14(20)21)7-17-15(19-13)22-3/h4-7,9H,1-3H3,(H,17,18,19). The van der Waals surface area contributed by atoms with Crippen molar-refractivity contribution in [3.63, 3.8) is 0 Å².